The van der Waals surface area contributed by atoms with Gasteiger partial charge in [-0.1, -0.05) is 30.3 Å². The monoisotopic (exact) mass is 508 g/mol. The first-order chi connectivity index (χ1) is 13.6. The first-order valence-corrected chi connectivity index (χ1v) is 9.80. The van der Waals surface area contributed by atoms with E-state index in [2.05, 4.69) is 44.8 Å². The lowest BCUT2D eigenvalue weighted by Crippen LogP contribution is -2.40. The second kappa shape index (κ2) is 11.6. The number of likely N-dealkylation sites (tertiary alicyclic amines) is 1. The van der Waals surface area contributed by atoms with E-state index in [1.807, 2.05) is 13.0 Å². The van der Waals surface area contributed by atoms with Crippen molar-refractivity contribution in [2.75, 3.05) is 31.5 Å². The van der Waals surface area contributed by atoms with Crippen molar-refractivity contribution in [2.45, 2.75) is 19.8 Å². The molecule has 1 aliphatic heterocycles. The molecule has 2 aromatic rings. The maximum absolute atomic E-state index is 12.2. The van der Waals surface area contributed by atoms with Gasteiger partial charge in [-0.15, -0.1) is 24.0 Å². The van der Waals surface area contributed by atoms with Crippen LogP contribution in [0.15, 0.2) is 59.6 Å². The fourth-order valence-corrected chi connectivity index (χ4v) is 3.46. The summed E-state index contributed by atoms with van der Waals surface area (Å²) in [7, 11) is 0. The molecule has 3 rings (SSSR count). The maximum atomic E-state index is 12.2. The molecule has 1 heterocycles. The molecule has 0 aromatic heterocycles. The molecule has 2 aromatic carbocycles. The predicted octanol–water partition coefficient (Wildman–Crippen LogP) is 3.48. The number of nitrogens with zero attached hydrogens (tertiary/aromatic N) is 2. The summed E-state index contributed by atoms with van der Waals surface area (Å²) in [5, 5.41) is 15.4. The van der Waals surface area contributed by atoms with E-state index in [1.54, 1.807) is 24.3 Å². The molecular weight excluding hydrogens is 479 g/mol. The number of benzene rings is 2. The second-order valence-corrected chi connectivity index (χ2v) is 7.06. The number of aromatic hydroxyl groups is 1. The highest BCUT2D eigenvalue weighted by Gasteiger charge is 2.25. The summed E-state index contributed by atoms with van der Waals surface area (Å²) in [6.45, 7) is 4.74. The molecule has 1 fully saturated rings. The van der Waals surface area contributed by atoms with E-state index < -0.39 is 0 Å². The van der Waals surface area contributed by atoms with Gasteiger partial charge in [0.05, 0.1) is 0 Å². The van der Waals surface area contributed by atoms with Crippen molar-refractivity contribution < 1.29 is 9.90 Å². The molecule has 1 aliphatic rings. The minimum absolute atomic E-state index is 0. The van der Waals surface area contributed by atoms with E-state index in [4.69, 9.17) is 0 Å². The lowest BCUT2D eigenvalue weighted by Gasteiger charge is -2.21. The Bertz CT molecular complexity index is 796. The van der Waals surface area contributed by atoms with Crippen LogP contribution in [0, 0.1) is 5.92 Å². The van der Waals surface area contributed by atoms with E-state index in [0.717, 1.165) is 38.4 Å². The molecule has 0 radical (unpaired) electrons. The molecule has 0 aliphatic carbocycles. The van der Waals surface area contributed by atoms with Crippen LogP contribution in [0.5, 0.6) is 5.75 Å². The van der Waals surface area contributed by atoms with Gasteiger partial charge in [0.1, 0.15) is 12.3 Å². The van der Waals surface area contributed by atoms with E-state index in [1.165, 1.54) is 5.56 Å². The number of aliphatic imine (C=N–C) groups is 1. The fraction of sp³-hybridized carbons (Fsp3) is 0.364. The number of hydrogen-bond acceptors (Lipinski definition) is 3. The quantitative estimate of drug-likeness (QED) is 0.242. The fourth-order valence-electron chi connectivity index (χ4n) is 3.46. The second-order valence-electron chi connectivity index (χ2n) is 7.06. The SMILES string of the molecule is CCNC(=NCC(=O)Nc1ccc(O)cc1)N1CCC(Cc2ccccc2)C1.I. The summed E-state index contributed by atoms with van der Waals surface area (Å²) in [5.74, 6) is 1.38. The number of nitrogens with one attached hydrogen (secondary N) is 2. The zero-order valence-corrected chi connectivity index (χ0v) is 19.0. The number of phenolic OH excluding ortho intramolecular Hbond substituents is 1. The van der Waals surface area contributed by atoms with Gasteiger partial charge in [0, 0.05) is 25.3 Å². The molecule has 156 valence electrons. The third-order valence-electron chi connectivity index (χ3n) is 4.81. The zero-order chi connectivity index (χ0) is 19.8. The molecule has 0 saturated carbocycles. The van der Waals surface area contributed by atoms with E-state index in [-0.39, 0.29) is 42.2 Å². The number of phenols is 1. The highest BCUT2D eigenvalue weighted by atomic mass is 127. The van der Waals surface area contributed by atoms with Crippen molar-refractivity contribution in [1.29, 1.82) is 0 Å². The van der Waals surface area contributed by atoms with Crippen LogP contribution in [0.2, 0.25) is 0 Å². The summed E-state index contributed by atoms with van der Waals surface area (Å²) < 4.78 is 0. The Hall–Kier alpha value is -2.29. The Labute approximate surface area is 189 Å². The Balaban J connectivity index is 0.00000300. The molecule has 3 N–H and O–H groups in total. The van der Waals surface area contributed by atoms with Crippen molar-refractivity contribution in [2.24, 2.45) is 10.9 Å². The molecule has 0 spiro atoms. The number of carbonyl (C=O) groups excluding carboxylic acids is 1. The van der Waals surface area contributed by atoms with E-state index >= 15 is 0 Å². The predicted molar refractivity (Wildman–Crippen MR) is 128 cm³/mol. The van der Waals surface area contributed by atoms with Crippen molar-refractivity contribution >= 4 is 41.5 Å². The molecule has 1 saturated heterocycles. The zero-order valence-electron chi connectivity index (χ0n) is 16.7. The lowest BCUT2D eigenvalue weighted by molar-refractivity contribution is -0.114. The third-order valence-corrected chi connectivity index (χ3v) is 4.81. The smallest absolute Gasteiger partial charge is 0.246 e. The summed E-state index contributed by atoms with van der Waals surface area (Å²) >= 11 is 0. The first-order valence-electron chi connectivity index (χ1n) is 9.80. The standard InChI is InChI=1S/C22H28N4O2.HI/c1-2-23-22(24-15-21(28)25-19-8-10-20(27)11-9-19)26-13-12-18(16-26)14-17-6-4-3-5-7-17;/h3-11,18,27H,2,12-16H2,1H3,(H,23,24)(H,25,28);1H. The van der Waals surface area contributed by atoms with Gasteiger partial charge < -0.3 is 20.6 Å². The average Bonchev–Trinajstić information content (AvgIpc) is 3.16. The number of halogens is 1. The van der Waals surface area contributed by atoms with Crippen molar-refractivity contribution in [3.8, 4) is 5.75 Å². The Morgan fingerprint density at radius 3 is 2.59 bits per heavy atom. The van der Waals surface area contributed by atoms with Gasteiger partial charge in [-0.3, -0.25) is 4.79 Å². The molecule has 7 heteroatoms. The Morgan fingerprint density at radius 2 is 1.90 bits per heavy atom. The van der Waals surface area contributed by atoms with Crippen molar-refractivity contribution in [3.05, 3.63) is 60.2 Å². The van der Waals surface area contributed by atoms with Gasteiger partial charge in [0.2, 0.25) is 5.91 Å². The molecule has 1 atom stereocenters. The lowest BCUT2D eigenvalue weighted by atomic mass is 9.99. The minimum atomic E-state index is -0.180. The van der Waals surface area contributed by atoms with Gasteiger partial charge in [-0.2, -0.15) is 0 Å². The average molecular weight is 508 g/mol. The number of carbonyl (C=O) groups is 1. The highest BCUT2D eigenvalue weighted by Crippen LogP contribution is 2.21. The van der Waals surface area contributed by atoms with Gasteiger partial charge in [0.15, 0.2) is 5.96 Å². The Morgan fingerprint density at radius 1 is 1.17 bits per heavy atom. The van der Waals surface area contributed by atoms with Gasteiger partial charge >= 0.3 is 0 Å². The third kappa shape index (κ3) is 7.23. The van der Waals surface area contributed by atoms with Crippen LogP contribution < -0.4 is 10.6 Å². The number of rotatable bonds is 6. The Kier molecular flexibility index (Phi) is 9.24. The van der Waals surface area contributed by atoms with Crippen LogP contribution in [0.25, 0.3) is 0 Å². The number of anilines is 1. The summed E-state index contributed by atoms with van der Waals surface area (Å²) in [4.78, 5) is 19.0. The van der Waals surface area contributed by atoms with Crippen LogP contribution in [0.3, 0.4) is 0 Å². The van der Waals surface area contributed by atoms with E-state index in [0.29, 0.717) is 11.6 Å². The normalized spacial score (nSPS) is 16.2. The molecule has 29 heavy (non-hydrogen) atoms. The minimum Gasteiger partial charge on any atom is -0.508 e. The van der Waals surface area contributed by atoms with Crippen LogP contribution in [-0.4, -0.2) is 48.1 Å². The van der Waals surface area contributed by atoms with Crippen LogP contribution in [-0.2, 0) is 11.2 Å². The summed E-state index contributed by atoms with van der Waals surface area (Å²) in [6.07, 6.45) is 2.19. The van der Waals surface area contributed by atoms with E-state index in [9.17, 15) is 9.90 Å². The van der Waals surface area contributed by atoms with Crippen LogP contribution in [0.1, 0.15) is 18.9 Å². The van der Waals surface area contributed by atoms with Crippen molar-refractivity contribution in [1.82, 2.24) is 10.2 Å². The summed E-state index contributed by atoms with van der Waals surface area (Å²) in [6, 6.07) is 17.0. The highest BCUT2D eigenvalue weighted by molar-refractivity contribution is 14.0. The molecule has 6 nitrogen and oxygen atoms in total. The molecule has 1 unspecified atom stereocenters. The van der Waals surface area contributed by atoms with Crippen LogP contribution >= 0.6 is 24.0 Å². The van der Waals surface area contributed by atoms with Gasteiger partial charge in [-0.25, -0.2) is 4.99 Å². The van der Waals surface area contributed by atoms with Gasteiger partial charge in [0.25, 0.3) is 0 Å². The van der Waals surface area contributed by atoms with Crippen LogP contribution in [0.4, 0.5) is 5.69 Å². The van der Waals surface area contributed by atoms with Crippen molar-refractivity contribution in [3.63, 3.8) is 0 Å². The molecule has 1 amide bonds. The largest absolute Gasteiger partial charge is 0.508 e. The first kappa shape index (κ1) is 23.0. The topological polar surface area (TPSA) is 77.0 Å². The maximum Gasteiger partial charge on any atom is 0.246 e. The summed E-state index contributed by atoms with van der Waals surface area (Å²) in [5.41, 5.74) is 2.01. The molecular formula is C22H29IN4O2. The number of amides is 1. The number of guanidine groups is 1. The molecule has 0 bridgehead atoms. The van der Waals surface area contributed by atoms with Gasteiger partial charge in [-0.05, 0) is 55.5 Å². The number of hydrogen-bond donors (Lipinski definition) is 3.